The molecule has 2 aromatic carbocycles. The van der Waals surface area contributed by atoms with Crippen LogP contribution in [0.5, 0.6) is 0 Å². The van der Waals surface area contributed by atoms with Gasteiger partial charge in [0.1, 0.15) is 0 Å². The van der Waals surface area contributed by atoms with Gasteiger partial charge in [0.2, 0.25) is 11.8 Å². The number of carbonyl (C=O) groups is 4. The molecule has 9 nitrogen and oxygen atoms in total. The molecule has 0 spiro atoms. The number of nitrogens with zero attached hydrogens (tertiary/aromatic N) is 4. The van der Waals surface area contributed by atoms with Crippen molar-refractivity contribution in [1.82, 2.24) is 15.1 Å². The van der Waals surface area contributed by atoms with E-state index in [1.54, 1.807) is 29.2 Å². The number of rotatable bonds is 5. The number of nitrogens with one attached hydrogen (secondary N) is 1. The summed E-state index contributed by atoms with van der Waals surface area (Å²) in [5, 5.41) is 2.83. The van der Waals surface area contributed by atoms with Crippen molar-refractivity contribution in [1.29, 1.82) is 0 Å². The van der Waals surface area contributed by atoms with Crippen LogP contribution in [0.1, 0.15) is 16.8 Å². The molecule has 0 aliphatic carbocycles. The third-order valence-corrected chi connectivity index (χ3v) is 6.77. The van der Waals surface area contributed by atoms with E-state index in [1.807, 2.05) is 23.1 Å². The largest absolute Gasteiger partial charge is 0.368 e. The second kappa shape index (κ2) is 9.26. The standard InChI is InChI=1S/C25H27N5O4/c31-22(28-14-12-27(13-15-28)18-6-2-1-3-7-18)16-21-24(33)26-10-11-29(21)17-30-20-9-5-4-8-19(20)23(32)25(30)34/h1-9,21H,10-17H2,(H,26,33)/t21-/m1/s1. The van der Waals surface area contributed by atoms with Gasteiger partial charge in [-0.05, 0) is 24.3 Å². The molecule has 1 N–H and O–H groups in total. The summed E-state index contributed by atoms with van der Waals surface area (Å²) in [6, 6.07) is 16.3. The molecule has 3 aliphatic heterocycles. The molecule has 3 heterocycles. The van der Waals surface area contributed by atoms with Gasteiger partial charge in [-0.3, -0.25) is 29.0 Å². The van der Waals surface area contributed by atoms with Crippen molar-refractivity contribution in [3.8, 4) is 0 Å². The van der Waals surface area contributed by atoms with Crippen molar-refractivity contribution >= 4 is 34.9 Å². The predicted octanol–water partition coefficient (Wildman–Crippen LogP) is 0.713. The minimum Gasteiger partial charge on any atom is -0.368 e. The molecule has 3 aliphatic rings. The van der Waals surface area contributed by atoms with Crippen LogP contribution in [0.4, 0.5) is 11.4 Å². The Bertz CT molecular complexity index is 1110. The highest BCUT2D eigenvalue weighted by Crippen LogP contribution is 2.29. The highest BCUT2D eigenvalue weighted by Gasteiger charge is 2.40. The van der Waals surface area contributed by atoms with Gasteiger partial charge >= 0.3 is 5.91 Å². The number of piperazine rings is 2. The fourth-order valence-electron chi connectivity index (χ4n) is 4.87. The number of amides is 3. The number of anilines is 2. The number of benzene rings is 2. The first-order chi connectivity index (χ1) is 16.5. The van der Waals surface area contributed by atoms with Gasteiger partial charge in [-0.2, -0.15) is 0 Å². The van der Waals surface area contributed by atoms with Crippen molar-refractivity contribution in [3.05, 3.63) is 60.2 Å². The molecule has 9 heteroatoms. The van der Waals surface area contributed by atoms with E-state index in [1.165, 1.54) is 4.90 Å². The molecule has 0 bridgehead atoms. The maximum atomic E-state index is 13.1. The van der Waals surface area contributed by atoms with Gasteiger partial charge in [0, 0.05) is 45.0 Å². The number of ketones is 1. The average Bonchev–Trinajstić information content (AvgIpc) is 3.11. The first-order valence-corrected chi connectivity index (χ1v) is 11.6. The Kier molecular flexibility index (Phi) is 6.02. The van der Waals surface area contributed by atoms with Crippen molar-refractivity contribution in [2.24, 2.45) is 0 Å². The SMILES string of the molecule is O=C1C(=O)N(CN2CCNC(=O)[C@H]2CC(=O)N2CCN(c3ccccc3)CC2)c2ccccc21. The number of fused-ring (bicyclic) bond motifs is 1. The van der Waals surface area contributed by atoms with Crippen LogP contribution in [0.3, 0.4) is 0 Å². The van der Waals surface area contributed by atoms with Crippen LogP contribution >= 0.6 is 0 Å². The number of Topliss-reactive ketones (excluding diaryl/α,β-unsaturated/α-hetero) is 1. The molecule has 34 heavy (non-hydrogen) atoms. The van der Waals surface area contributed by atoms with Crippen LogP contribution in [0, 0.1) is 0 Å². The Hall–Kier alpha value is -3.72. The summed E-state index contributed by atoms with van der Waals surface area (Å²) in [5.41, 5.74) is 2.06. The number of para-hydroxylation sites is 2. The Morgan fingerprint density at radius 1 is 0.882 bits per heavy atom. The van der Waals surface area contributed by atoms with Crippen LogP contribution in [0.25, 0.3) is 0 Å². The first kappa shape index (κ1) is 22.1. The molecule has 0 radical (unpaired) electrons. The molecule has 0 unspecified atom stereocenters. The van der Waals surface area contributed by atoms with E-state index in [-0.39, 0.29) is 24.9 Å². The quantitative estimate of drug-likeness (QED) is 0.660. The summed E-state index contributed by atoms with van der Waals surface area (Å²) >= 11 is 0. The highest BCUT2D eigenvalue weighted by molar-refractivity contribution is 6.52. The van der Waals surface area contributed by atoms with Crippen molar-refractivity contribution < 1.29 is 19.2 Å². The van der Waals surface area contributed by atoms with Crippen molar-refractivity contribution in [2.75, 3.05) is 55.7 Å². The Morgan fingerprint density at radius 3 is 2.35 bits per heavy atom. The number of hydrogen-bond acceptors (Lipinski definition) is 6. The Morgan fingerprint density at radius 2 is 1.59 bits per heavy atom. The monoisotopic (exact) mass is 461 g/mol. The van der Waals surface area contributed by atoms with E-state index in [2.05, 4.69) is 22.3 Å². The van der Waals surface area contributed by atoms with E-state index in [9.17, 15) is 19.2 Å². The highest BCUT2D eigenvalue weighted by atomic mass is 16.2. The summed E-state index contributed by atoms with van der Waals surface area (Å²) in [6.45, 7) is 3.66. The zero-order valence-electron chi connectivity index (χ0n) is 18.9. The summed E-state index contributed by atoms with van der Waals surface area (Å²) in [5.74, 6) is -1.45. The van der Waals surface area contributed by atoms with Gasteiger partial charge < -0.3 is 15.1 Å². The summed E-state index contributed by atoms with van der Waals surface area (Å²) in [4.78, 5) is 58.1. The van der Waals surface area contributed by atoms with Crippen LogP contribution in [-0.2, 0) is 14.4 Å². The lowest BCUT2D eigenvalue weighted by Gasteiger charge is -2.39. The Balaban J connectivity index is 1.24. The van der Waals surface area contributed by atoms with E-state index in [0.717, 1.165) is 18.8 Å². The van der Waals surface area contributed by atoms with Gasteiger partial charge in [0.15, 0.2) is 0 Å². The minimum atomic E-state index is -0.691. The van der Waals surface area contributed by atoms with Crippen LogP contribution in [0.2, 0.25) is 0 Å². The molecule has 2 aromatic rings. The van der Waals surface area contributed by atoms with E-state index < -0.39 is 17.7 Å². The molecule has 3 amide bonds. The third-order valence-electron chi connectivity index (χ3n) is 6.77. The van der Waals surface area contributed by atoms with E-state index >= 15 is 0 Å². The first-order valence-electron chi connectivity index (χ1n) is 11.6. The van der Waals surface area contributed by atoms with E-state index in [0.29, 0.717) is 37.4 Å². The summed E-state index contributed by atoms with van der Waals surface area (Å²) in [7, 11) is 0. The van der Waals surface area contributed by atoms with Crippen LogP contribution in [0.15, 0.2) is 54.6 Å². The number of hydrogen-bond donors (Lipinski definition) is 1. The summed E-state index contributed by atoms with van der Waals surface area (Å²) < 4.78 is 0. The summed E-state index contributed by atoms with van der Waals surface area (Å²) in [6.07, 6.45) is 0.0365. The Labute approximate surface area is 197 Å². The molecule has 2 fully saturated rings. The second-order valence-corrected chi connectivity index (χ2v) is 8.75. The molecule has 2 saturated heterocycles. The van der Waals surface area contributed by atoms with Crippen LogP contribution < -0.4 is 15.1 Å². The van der Waals surface area contributed by atoms with Gasteiger partial charge in [-0.25, -0.2) is 0 Å². The van der Waals surface area contributed by atoms with Gasteiger partial charge in [-0.15, -0.1) is 0 Å². The van der Waals surface area contributed by atoms with Crippen molar-refractivity contribution in [3.63, 3.8) is 0 Å². The topological polar surface area (TPSA) is 93.3 Å². The normalized spacial score (nSPS) is 21.0. The number of carbonyl (C=O) groups excluding carboxylic acids is 4. The lowest BCUT2D eigenvalue weighted by Crippen LogP contribution is -2.60. The van der Waals surface area contributed by atoms with Crippen LogP contribution in [-0.4, -0.2) is 85.3 Å². The zero-order chi connectivity index (χ0) is 23.7. The van der Waals surface area contributed by atoms with E-state index in [4.69, 9.17) is 0 Å². The third kappa shape index (κ3) is 4.14. The molecule has 176 valence electrons. The average molecular weight is 462 g/mol. The maximum Gasteiger partial charge on any atom is 0.300 e. The second-order valence-electron chi connectivity index (χ2n) is 8.75. The fraction of sp³-hybridized carbons (Fsp3) is 0.360. The lowest BCUT2D eigenvalue weighted by atomic mass is 10.1. The predicted molar refractivity (Wildman–Crippen MR) is 126 cm³/mol. The molecular weight excluding hydrogens is 434 g/mol. The van der Waals surface area contributed by atoms with Gasteiger partial charge in [0.05, 0.1) is 30.4 Å². The maximum absolute atomic E-state index is 13.1. The smallest absolute Gasteiger partial charge is 0.300 e. The molecule has 5 rings (SSSR count). The minimum absolute atomic E-state index is 0.0365. The lowest BCUT2D eigenvalue weighted by molar-refractivity contribution is -0.139. The molecule has 0 aromatic heterocycles. The van der Waals surface area contributed by atoms with Gasteiger partial charge in [-0.1, -0.05) is 30.3 Å². The fourth-order valence-corrected chi connectivity index (χ4v) is 4.87. The van der Waals surface area contributed by atoms with Gasteiger partial charge in [0.25, 0.3) is 5.78 Å². The molecule has 0 saturated carbocycles. The van der Waals surface area contributed by atoms with Crippen molar-refractivity contribution in [2.45, 2.75) is 12.5 Å². The zero-order valence-corrected chi connectivity index (χ0v) is 18.9. The molecular formula is C25H27N5O4. The molecule has 1 atom stereocenters.